The zero-order chi connectivity index (χ0) is 14.0. The molecule has 0 saturated heterocycles. The van der Waals surface area contributed by atoms with Gasteiger partial charge in [0.25, 0.3) is 0 Å². The minimum atomic E-state index is 0.496. The first-order chi connectivity index (χ1) is 9.80. The van der Waals surface area contributed by atoms with Gasteiger partial charge in [-0.3, -0.25) is 0 Å². The van der Waals surface area contributed by atoms with Crippen molar-refractivity contribution < 1.29 is 4.74 Å². The highest BCUT2D eigenvalue weighted by molar-refractivity contribution is 7.99. The minimum Gasteiger partial charge on any atom is -0.378 e. The fraction of sp³-hybridized carbons (Fsp3) is 1.00. The van der Waals surface area contributed by atoms with Gasteiger partial charge in [-0.05, 0) is 45.3 Å². The van der Waals surface area contributed by atoms with E-state index in [4.69, 9.17) is 4.74 Å². The molecule has 3 fully saturated rings. The average molecular weight is 298 g/mol. The third-order valence-electron chi connectivity index (χ3n) is 6.11. The summed E-state index contributed by atoms with van der Waals surface area (Å²) >= 11 is 2.08. The average Bonchev–Trinajstić information content (AvgIpc) is 2.99. The van der Waals surface area contributed by atoms with Crippen LogP contribution in [0.3, 0.4) is 0 Å². The van der Waals surface area contributed by atoms with Gasteiger partial charge in [-0.2, -0.15) is 11.8 Å². The van der Waals surface area contributed by atoms with E-state index in [-0.39, 0.29) is 0 Å². The molecule has 3 heteroatoms. The molecule has 20 heavy (non-hydrogen) atoms. The van der Waals surface area contributed by atoms with Crippen molar-refractivity contribution in [3.8, 4) is 0 Å². The first kappa shape index (κ1) is 15.2. The van der Waals surface area contributed by atoms with Crippen molar-refractivity contribution in [1.29, 1.82) is 0 Å². The Labute approximate surface area is 128 Å². The molecule has 0 aromatic heterocycles. The van der Waals surface area contributed by atoms with Crippen LogP contribution in [-0.4, -0.2) is 36.3 Å². The molecule has 0 radical (unpaired) electrons. The summed E-state index contributed by atoms with van der Waals surface area (Å²) in [4.78, 5) is 0. The first-order valence-electron chi connectivity index (χ1n) is 8.70. The molecule has 116 valence electrons. The SMILES string of the molecule is CCOC1CC(NC2CCCCC2SC)C12CCCC2. The summed E-state index contributed by atoms with van der Waals surface area (Å²) in [6.45, 7) is 3.03. The summed E-state index contributed by atoms with van der Waals surface area (Å²) in [5, 5.41) is 4.92. The van der Waals surface area contributed by atoms with Gasteiger partial charge in [0, 0.05) is 29.4 Å². The molecule has 1 spiro atoms. The molecule has 3 rings (SSSR count). The molecule has 3 aliphatic carbocycles. The topological polar surface area (TPSA) is 21.3 Å². The van der Waals surface area contributed by atoms with Gasteiger partial charge in [0.2, 0.25) is 0 Å². The molecule has 0 bridgehead atoms. The molecule has 4 unspecified atom stereocenters. The zero-order valence-electron chi connectivity index (χ0n) is 13.2. The van der Waals surface area contributed by atoms with Gasteiger partial charge in [-0.25, -0.2) is 0 Å². The van der Waals surface area contributed by atoms with Gasteiger partial charge in [0.05, 0.1) is 6.10 Å². The van der Waals surface area contributed by atoms with E-state index in [9.17, 15) is 0 Å². The van der Waals surface area contributed by atoms with Crippen LogP contribution in [0.15, 0.2) is 0 Å². The van der Waals surface area contributed by atoms with Crippen molar-refractivity contribution in [3.63, 3.8) is 0 Å². The fourth-order valence-corrected chi connectivity index (χ4v) is 5.89. The Bertz CT molecular complexity index is 316. The zero-order valence-corrected chi connectivity index (χ0v) is 14.0. The number of hydrogen-bond acceptors (Lipinski definition) is 3. The van der Waals surface area contributed by atoms with E-state index in [1.165, 1.54) is 57.8 Å². The Morgan fingerprint density at radius 2 is 1.90 bits per heavy atom. The number of hydrogen-bond donors (Lipinski definition) is 1. The normalized spacial score (nSPS) is 39.9. The van der Waals surface area contributed by atoms with Crippen LogP contribution < -0.4 is 5.32 Å². The van der Waals surface area contributed by atoms with Gasteiger partial charge in [-0.1, -0.05) is 25.7 Å². The van der Waals surface area contributed by atoms with E-state index in [0.29, 0.717) is 11.5 Å². The molecular weight excluding hydrogens is 266 g/mol. The lowest BCUT2D eigenvalue weighted by atomic mass is 9.60. The molecule has 3 saturated carbocycles. The first-order valence-corrected chi connectivity index (χ1v) is 9.99. The molecule has 0 amide bonds. The maximum Gasteiger partial charge on any atom is 0.0661 e. The smallest absolute Gasteiger partial charge is 0.0661 e. The van der Waals surface area contributed by atoms with Gasteiger partial charge in [-0.15, -0.1) is 0 Å². The number of nitrogens with one attached hydrogen (secondary N) is 1. The van der Waals surface area contributed by atoms with Crippen LogP contribution in [-0.2, 0) is 4.74 Å². The molecule has 0 heterocycles. The molecule has 2 nitrogen and oxygen atoms in total. The number of ether oxygens (including phenoxy) is 1. The Morgan fingerprint density at radius 3 is 2.60 bits per heavy atom. The van der Waals surface area contributed by atoms with E-state index in [0.717, 1.165) is 23.9 Å². The summed E-state index contributed by atoms with van der Waals surface area (Å²) in [7, 11) is 0. The van der Waals surface area contributed by atoms with Crippen molar-refractivity contribution in [2.75, 3.05) is 12.9 Å². The van der Waals surface area contributed by atoms with Crippen molar-refractivity contribution >= 4 is 11.8 Å². The Morgan fingerprint density at radius 1 is 1.15 bits per heavy atom. The molecule has 3 aliphatic rings. The summed E-state index contributed by atoms with van der Waals surface area (Å²) in [6.07, 6.45) is 15.4. The second-order valence-corrected chi connectivity index (χ2v) is 8.08. The van der Waals surface area contributed by atoms with E-state index in [1.54, 1.807) is 0 Å². The Hall–Kier alpha value is 0.270. The number of rotatable bonds is 5. The molecular formula is C17H31NOS. The maximum atomic E-state index is 6.04. The van der Waals surface area contributed by atoms with Crippen LogP contribution in [0.2, 0.25) is 0 Å². The molecule has 4 atom stereocenters. The van der Waals surface area contributed by atoms with Crippen LogP contribution in [0, 0.1) is 5.41 Å². The molecule has 1 N–H and O–H groups in total. The van der Waals surface area contributed by atoms with Crippen molar-refractivity contribution in [3.05, 3.63) is 0 Å². The second kappa shape index (κ2) is 6.58. The van der Waals surface area contributed by atoms with Crippen LogP contribution in [0.5, 0.6) is 0 Å². The Kier molecular flexibility index (Phi) is 4.99. The lowest BCUT2D eigenvalue weighted by Crippen LogP contribution is -2.65. The maximum absolute atomic E-state index is 6.04. The predicted molar refractivity (Wildman–Crippen MR) is 87.4 cm³/mol. The van der Waals surface area contributed by atoms with Gasteiger partial charge in [0.15, 0.2) is 0 Å². The number of thioether (sulfide) groups is 1. The van der Waals surface area contributed by atoms with Crippen molar-refractivity contribution in [1.82, 2.24) is 5.32 Å². The van der Waals surface area contributed by atoms with Crippen LogP contribution in [0.1, 0.15) is 64.7 Å². The Balaban J connectivity index is 1.62. The van der Waals surface area contributed by atoms with E-state index in [1.807, 2.05) is 0 Å². The molecule has 0 aromatic carbocycles. The van der Waals surface area contributed by atoms with E-state index in [2.05, 4.69) is 30.3 Å². The van der Waals surface area contributed by atoms with Crippen molar-refractivity contribution in [2.45, 2.75) is 88.1 Å². The highest BCUT2D eigenvalue weighted by Crippen LogP contribution is 2.55. The van der Waals surface area contributed by atoms with E-state index >= 15 is 0 Å². The minimum absolute atomic E-state index is 0.496. The van der Waals surface area contributed by atoms with E-state index < -0.39 is 0 Å². The highest BCUT2D eigenvalue weighted by atomic mass is 32.2. The second-order valence-electron chi connectivity index (χ2n) is 7.00. The standard InChI is InChI=1S/C17H31NOS/c1-3-19-16-12-15(17(16)10-6-7-11-17)18-13-8-4-5-9-14(13)20-2/h13-16,18H,3-12H2,1-2H3. The monoisotopic (exact) mass is 297 g/mol. The van der Waals surface area contributed by atoms with Crippen molar-refractivity contribution in [2.24, 2.45) is 5.41 Å². The summed E-state index contributed by atoms with van der Waals surface area (Å²) in [5.41, 5.74) is 0.496. The lowest BCUT2D eigenvalue weighted by Gasteiger charge is -2.56. The third-order valence-corrected chi connectivity index (χ3v) is 7.28. The molecule has 0 aliphatic heterocycles. The van der Waals surface area contributed by atoms with Crippen LogP contribution >= 0.6 is 11.8 Å². The summed E-state index contributed by atoms with van der Waals surface area (Å²) in [6, 6.07) is 1.49. The third kappa shape index (κ3) is 2.66. The largest absolute Gasteiger partial charge is 0.378 e. The summed E-state index contributed by atoms with van der Waals surface area (Å²) in [5.74, 6) is 0. The van der Waals surface area contributed by atoms with Gasteiger partial charge in [0.1, 0.15) is 0 Å². The van der Waals surface area contributed by atoms with Gasteiger partial charge >= 0.3 is 0 Å². The quantitative estimate of drug-likeness (QED) is 0.829. The van der Waals surface area contributed by atoms with Crippen LogP contribution in [0.4, 0.5) is 0 Å². The predicted octanol–water partition coefficient (Wildman–Crippen LogP) is 3.99. The highest BCUT2D eigenvalue weighted by Gasteiger charge is 2.57. The molecule has 0 aromatic rings. The van der Waals surface area contributed by atoms with Crippen LogP contribution in [0.25, 0.3) is 0 Å². The fourth-order valence-electron chi connectivity index (χ4n) is 4.95. The lowest BCUT2D eigenvalue weighted by molar-refractivity contribution is -0.133. The van der Waals surface area contributed by atoms with Gasteiger partial charge < -0.3 is 10.1 Å². The summed E-state index contributed by atoms with van der Waals surface area (Å²) < 4.78 is 6.04.